The molecule has 0 N–H and O–H groups in total. The van der Waals surface area contributed by atoms with Crippen LogP contribution in [0.1, 0.15) is 25.1 Å². The Bertz CT molecular complexity index is 675. The van der Waals surface area contributed by atoms with Gasteiger partial charge in [-0.3, -0.25) is 0 Å². The van der Waals surface area contributed by atoms with Gasteiger partial charge in [-0.05, 0) is 29.4 Å². The number of rotatable bonds is 2. The zero-order valence-corrected chi connectivity index (χ0v) is 11.7. The highest BCUT2D eigenvalue weighted by molar-refractivity contribution is 7.21. The first kappa shape index (κ1) is 12.3. The molecule has 1 aliphatic heterocycles. The van der Waals surface area contributed by atoms with Gasteiger partial charge in [0.05, 0.1) is 11.2 Å². The third-order valence-electron chi connectivity index (χ3n) is 3.13. The van der Waals surface area contributed by atoms with Crippen molar-refractivity contribution in [3.05, 3.63) is 24.3 Å². The molecule has 98 valence electrons. The van der Waals surface area contributed by atoms with E-state index in [0.29, 0.717) is 12.5 Å². The number of fused-ring (bicyclic) bond motifs is 3. The Balaban J connectivity index is 2.21. The van der Waals surface area contributed by atoms with E-state index in [-0.39, 0.29) is 18.2 Å². The molecule has 0 radical (unpaired) electrons. The van der Waals surface area contributed by atoms with Gasteiger partial charge < -0.3 is 0 Å². The molecular weight excluding hydrogens is 260 g/mol. The minimum atomic E-state index is -0.127. The molecule has 3 rings (SSSR count). The Morgan fingerprint density at radius 2 is 2.05 bits per heavy atom. The molecule has 1 aromatic heterocycles. The van der Waals surface area contributed by atoms with Gasteiger partial charge in [0.1, 0.15) is 0 Å². The summed E-state index contributed by atoms with van der Waals surface area (Å²) in [6, 6.07) is 7.77. The van der Waals surface area contributed by atoms with Gasteiger partial charge in [-0.15, -0.1) is 0 Å². The first-order valence-electron chi connectivity index (χ1n) is 6.35. The number of carbonyl (C=O) groups is 2. The van der Waals surface area contributed by atoms with Crippen molar-refractivity contribution in [2.75, 3.05) is 11.4 Å². The number of amides is 1. The van der Waals surface area contributed by atoms with Gasteiger partial charge >= 0.3 is 16.9 Å². The molecule has 0 spiro atoms. The molecule has 2 aromatic rings. The Labute approximate surface area is 115 Å². The number of anilines is 1. The monoisotopic (exact) mass is 275 g/mol. The Hall–Kier alpha value is -1.75. The summed E-state index contributed by atoms with van der Waals surface area (Å²) in [5, 5.41) is 0.746. The van der Waals surface area contributed by atoms with Crippen LogP contribution in [-0.4, -0.2) is 18.4 Å². The van der Waals surface area contributed by atoms with E-state index in [4.69, 9.17) is 0 Å². The van der Waals surface area contributed by atoms with Crippen molar-refractivity contribution in [3.8, 4) is 0 Å². The maximum Gasteiger partial charge on any atom is 0.352 e. The van der Waals surface area contributed by atoms with E-state index in [1.807, 2.05) is 24.3 Å². The number of hydrogen-bond acceptors (Lipinski definition) is 3. The van der Waals surface area contributed by atoms with Crippen LogP contribution in [0.4, 0.5) is 5.13 Å². The smallest absolute Gasteiger partial charge is 0.246 e. The largest absolute Gasteiger partial charge is 0.352 e. The highest BCUT2D eigenvalue weighted by Gasteiger charge is 2.41. The maximum atomic E-state index is 12.1. The van der Waals surface area contributed by atoms with Gasteiger partial charge in [-0.2, -0.15) is 9.47 Å². The molecule has 1 amide bonds. The topological polar surface area (TPSA) is 41.3 Å². The van der Waals surface area contributed by atoms with Crippen molar-refractivity contribution in [2.45, 2.75) is 20.3 Å². The van der Waals surface area contributed by atoms with E-state index in [9.17, 15) is 9.59 Å². The lowest BCUT2D eigenvalue weighted by atomic mass is 10.2. The van der Waals surface area contributed by atoms with Gasteiger partial charge in [0, 0.05) is 0 Å². The lowest BCUT2D eigenvalue weighted by Gasteiger charge is -2.19. The molecule has 0 atom stereocenters. The fraction of sp³-hybridized carbons (Fsp3) is 0.357. The summed E-state index contributed by atoms with van der Waals surface area (Å²) in [6.45, 7) is 4.79. The summed E-state index contributed by atoms with van der Waals surface area (Å²) in [7, 11) is 0. The molecule has 0 unspecified atom stereocenters. The third-order valence-corrected chi connectivity index (χ3v) is 4.28. The number of aromatic nitrogens is 1. The molecular formula is C14H15N2O2S+. The van der Waals surface area contributed by atoms with Gasteiger partial charge in [0.15, 0.2) is 11.9 Å². The van der Waals surface area contributed by atoms with E-state index in [1.165, 1.54) is 11.3 Å². The fourth-order valence-electron chi connectivity index (χ4n) is 2.35. The molecule has 4 nitrogen and oxygen atoms in total. The van der Waals surface area contributed by atoms with Crippen LogP contribution in [0, 0.1) is 5.92 Å². The number of nitrogens with zero attached hydrogens (tertiary/aromatic N) is 2. The second-order valence-corrected chi connectivity index (χ2v) is 6.17. The number of hydrogen-bond donors (Lipinski definition) is 0. The third kappa shape index (κ3) is 1.94. The van der Waals surface area contributed by atoms with Gasteiger partial charge in [-0.25, -0.2) is 9.59 Å². The predicted octanol–water partition coefficient (Wildman–Crippen LogP) is 2.22. The maximum absolute atomic E-state index is 12.1. The van der Waals surface area contributed by atoms with Crippen molar-refractivity contribution in [3.63, 3.8) is 0 Å². The van der Waals surface area contributed by atoms with Crippen molar-refractivity contribution in [1.29, 1.82) is 0 Å². The van der Waals surface area contributed by atoms with E-state index in [1.54, 1.807) is 9.47 Å². The lowest BCUT2D eigenvalue weighted by Crippen LogP contribution is -2.55. The minimum absolute atomic E-state index is 0.0366. The summed E-state index contributed by atoms with van der Waals surface area (Å²) in [5.74, 6) is 0.151. The van der Waals surface area contributed by atoms with Gasteiger partial charge in [0.25, 0.3) is 0 Å². The Kier molecular flexibility index (Phi) is 2.86. The average molecular weight is 275 g/mol. The van der Waals surface area contributed by atoms with Gasteiger partial charge in [0.2, 0.25) is 0 Å². The van der Waals surface area contributed by atoms with Crippen molar-refractivity contribution in [1.82, 2.24) is 0 Å². The average Bonchev–Trinajstić information content (AvgIpc) is 2.73. The number of benzene rings is 1. The summed E-state index contributed by atoms with van der Waals surface area (Å²) < 4.78 is 2.72. The molecule has 0 aliphatic carbocycles. The van der Waals surface area contributed by atoms with Crippen LogP contribution in [0.2, 0.25) is 0 Å². The highest BCUT2D eigenvalue weighted by Crippen LogP contribution is 2.30. The molecule has 0 saturated carbocycles. The summed E-state index contributed by atoms with van der Waals surface area (Å²) in [6.07, 6.45) is -0.0366. The van der Waals surface area contributed by atoms with Crippen molar-refractivity contribution < 1.29 is 14.2 Å². The van der Waals surface area contributed by atoms with Crippen LogP contribution in [0.25, 0.3) is 10.2 Å². The van der Waals surface area contributed by atoms with Crippen LogP contribution in [0.3, 0.4) is 0 Å². The highest BCUT2D eigenvalue weighted by atomic mass is 32.1. The van der Waals surface area contributed by atoms with E-state index in [0.717, 1.165) is 15.3 Å². The molecule has 19 heavy (non-hydrogen) atoms. The quantitative estimate of drug-likeness (QED) is 0.623. The van der Waals surface area contributed by atoms with Crippen LogP contribution in [-0.2, 0) is 4.79 Å². The molecule has 0 fully saturated rings. The zero-order chi connectivity index (χ0) is 13.6. The number of thiazole rings is 1. The lowest BCUT2D eigenvalue weighted by molar-refractivity contribution is -0.529. The normalized spacial score (nSPS) is 15.4. The Morgan fingerprint density at radius 3 is 2.79 bits per heavy atom. The molecule has 0 saturated heterocycles. The number of carbonyl (C=O) groups excluding carboxylic acids is 2. The molecule has 2 heterocycles. The fourth-order valence-corrected chi connectivity index (χ4v) is 3.53. The standard InChI is InChI=1S/C14H15N2O2S/c1-9(2)8-15-12(17)7-13(18)16-10-5-3-4-6-11(10)19-14(15)16/h3-6,9H,7-8H2,1-2H3/q+1. The molecule has 5 heteroatoms. The number of para-hydroxylation sites is 1. The van der Waals surface area contributed by atoms with Crippen molar-refractivity contribution >= 4 is 38.5 Å². The van der Waals surface area contributed by atoms with Crippen LogP contribution in [0.15, 0.2) is 24.3 Å². The first-order valence-corrected chi connectivity index (χ1v) is 7.16. The minimum Gasteiger partial charge on any atom is -0.246 e. The second-order valence-electron chi connectivity index (χ2n) is 5.16. The molecule has 1 aromatic carbocycles. The summed E-state index contributed by atoms with van der Waals surface area (Å²) in [5.41, 5.74) is 0.897. The summed E-state index contributed by atoms with van der Waals surface area (Å²) in [4.78, 5) is 25.9. The van der Waals surface area contributed by atoms with E-state index >= 15 is 0 Å². The Morgan fingerprint density at radius 1 is 1.32 bits per heavy atom. The molecule has 0 bridgehead atoms. The summed E-state index contributed by atoms with van der Waals surface area (Å²) >= 11 is 1.50. The van der Waals surface area contributed by atoms with E-state index in [2.05, 4.69) is 13.8 Å². The van der Waals surface area contributed by atoms with Crippen LogP contribution < -0.4 is 9.47 Å². The van der Waals surface area contributed by atoms with Crippen LogP contribution in [0.5, 0.6) is 0 Å². The predicted molar refractivity (Wildman–Crippen MR) is 74.5 cm³/mol. The van der Waals surface area contributed by atoms with Gasteiger partial charge in [-0.1, -0.05) is 26.0 Å². The van der Waals surface area contributed by atoms with Crippen LogP contribution >= 0.6 is 11.3 Å². The second kappa shape index (κ2) is 4.42. The van der Waals surface area contributed by atoms with E-state index < -0.39 is 0 Å². The van der Waals surface area contributed by atoms with Crippen molar-refractivity contribution in [2.24, 2.45) is 5.92 Å². The molecule has 1 aliphatic rings. The first-order chi connectivity index (χ1) is 9.08. The zero-order valence-electron chi connectivity index (χ0n) is 10.9. The SMILES string of the molecule is CC(C)CN1C(=O)CC(=O)[n+]2c1sc1ccccc12.